The fourth-order valence-electron chi connectivity index (χ4n) is 2.42. The van der Waals surface area contributed by atoms with Gasteiger partial charge in [-0.25, -0.2) is 4.39 Å². The van der Waals surface area contributed by atoms with E-state index in [-0.39, 0.29) is 18.1 Å². The van der Waals surface area contributed by atoms with Gasteiger partial charge in [0.25, 0.3) is 0 Å². The molecule has 0 aromatic heterocycles. The van der Waals surface area contributed by atoms with Crippen molar-refractivity contribution in [1.82, 2.24) is 0 Å². The summed E-state index contributed by atoms with van der Waals surface area (Å²) >= 11 is 7.56. The molecular formula is C21H17ClFNOS. The number of rotatable bonds is 6. The number of carbonyl (C=O) groups excluding carboxylic acids is 1. The number of anilines is 1. The monoisotopic (exact) mass is 385 g/mol. The Morgan fingerprint density at radius 2 is 1.58 bits per heavy atom. The van der Waals surface area contributed by atoms with Gasteiger partial charge in [0.15, 0.2) is 0 Å². The lowest BCUT2D eigenvalue weighted by Crippen LogP contribution is -2.14. The van der Waals surface area contributed by atoms with Crippen LogP contribution in [0.4, 0.5) is 10.1 Å². The average Bonchev–Trinajstić information content (AvgIpc) is 2.64. The first kappa shape index (κ1) is 18.5. The fraction of sp³-hybridized carbons (Fsp3) is 0.0952. The zero-order chi connectivity index (χ0) is 18.4. The summed E-state index contributed by atoms with van der Waals surface area (Å²) in [7, 11) is 0. The van der Waals surface area contributed by atoms with Crippen LogP contribution in [0.1, 0.15) is 11.1 Å². The molecule has 0 saturated carbocycles. The highest BCUT2D eigenvalue weighted by Gasteiger charge is 2.08. The summed E-state index contributed by atoms with van der Waals surface area (Å²) in [5.41, 5.74) is 2.71. The van der Waals surface area contributed by atoms with Crippen molar-refractivity contribution in [3.05, 3.63) is 94.8 Å². The normalized spacial score (nSPS) is 10.5. The van der Waals surface area contributed by atoms with E-state index in [2.05, 4.69) is 5.32 Å². The third-order valence-corrected chi connectivity index (χ3v) is 5.14. The second kappa shape index (κ2) is 8.88. The van der Waals surface area contributed by atoms with Crippen molar-refractivity contribution in [2.45, 2.75) is 17.1 Å². The van der Waals surface area contributed by atoms with Gasteiger partial charge in [0.05, 0.1) is 12.1 Å². The average molecular weight is 386 g/mol. The van der Waals surface area contributed by atoms with E-state index < -0.39 is 0 Å². The highest BCUT2D eigenvalue weighted by Crippen LogP contribution is 2.30. The zero-order valence-corrected chi connectivity index (χ0v) is 15.5. The van der Waals surface area contributed by atoms with Gasteiger partial charge in [-0.3, -0.25) is 4.79 Å². The lowest BCUT2D eigenvalue weighted by atomic mass is 10.1. The number of nitrogens with one attached hydrogen (secondary N) is 1. The highest BCUT2D eigenvalue weighted by molar-refractivity contribution is 7.98. The minimum atomic E-state index is -0.307. The van der Waals surface area contributed by atoms with Gasteiger partial charge in [-0.2, -0.15) is 0 Å². The third-order valence-electron chi connectivity index (χ3n) is 3.75. The molecule has 26 heavy (non-hydrogen) atoms. The number of benzene rings is 3. The van der Waals surface area contributed by atoms with E-state index in [1.54, 1.807) is 23.9 Å². The van der Waals surface area contributed by atoms with Gasteiger partial charge < -0.3 is 5.32 Å². The van der Waals surface area contributed by atoms with Crippen LogP contribution in [0.2, 0.25) is 5.02 Å². The van der Waals surface area contributed by atoms with Crippen LogP contribution in [0.25, 0.3) is 0 Å². The van der Waals surface area contributed by atoms with Crippen molar-refractivity contribution in [1.29, 1.82) is 0 Å². The van der Waals surface area contributed by atoms with E-state index in [1.807, 2.05) is 48.5 Å². The summed E-state index contributed by atoms with van der Waals surface area (Å²) in [5.74, 6) is 0.344. The van der Waals surface area contributed by atoms with Crippen LogP contribution in [0, 0.1) is 5.82 Å². The topological polar surface area (TPSA) is 29.1 Å². The molecule has 0 unspecified atom stereocenters. The Balaban J connectivity index is 1.63. The van der Waals surface area contributed by atoms with E-state index in [1.165, 1.54) is 12.1 Å². The molecule has 3 rings (SSSR count). The molecule has 1 N–H and O–H groups in total. The van der Waals surface area contributed by atoms with E-state index in [0.717, 1.165) is 27.5 Å². The lowest BCUT2D eigenvalue weighted by molar-refractivity contribution is -0.115. The molecular weight excluding hydrogens is 369 g/mol. The van der Waals surface area contributed by atoms with Crippen molar-refractivity contribution in [3.8, 4) is 0 Å². The Hall–Kier alpha value is -2.30. The van der Waals surface area contributed by atoms with Gasteiger partial charge in [-0.15, -0.1) is 11.8 Å². The van der Waals surface area contributed by atoms with Crippen LogP contribution in [0.5, 0.6) is 0 Å². The molecule has 0 aliphatic rings. The predicted octanol–water partition coefficient (Wildman–Crippen LogP) is 5.95. The SMILES string of the molecule is O=C(Cc1ccc(F)cc1)Nc1ccccc1SCc1ccc(Cl)cc1. The van der Waals surface area contributed by atoms with Crippen LogP contribution in [0.15, 0.2) is 77.7 Å². The molecule has 0 heterocycles. The van der Waals surface area contributed by atoms with Crippen LogP contribution in [-0.2, 0) is 17.0 Å². The number of amides is 1. The summed E-state index contributed by atoms with van der Waals surface area (Å²) in [4.78, 5) is 13.3. The van der Waals surface area contributed by atoms with Gasteiger partial charge in [0.1, 0.15) is 5.82 Å². The minimum Gasteiger partial charge on any atom is -0.325 e. The maximum absolute atomic E-state index is 13.0. The molecule has 2 nitrogen and oxygen atoms in total. The molecule has 3 aromatic rings. The summed E-state index contributed by atoms with van der Waals surface area (Å²) in [6.45, 7) is 0. The van der Waals surface area contributed by atoms with E-state index >= 15 is 0 Å². The number of hydrogen-bond acceptors (Lipinski definition) is 2. The molecule has 0 aliphatic carbocycles. The Labute approximate surface area is 161 Å². The summed E-state index contributed by atoms with van der Waals surface area (Å²) < 4.78 is 13.0. The molecule has 0 radical (unpaired) electrons. The molecule has 0 bridgehead atoms. The molecule has 132 valence electrons. The molecule has 0 atom stereocenters. The zero-order valence-electron chi connectivity index (χ0n) is 13.9. The third kappa shape index (κ3) is 5.35. The number of carbonyl (C=O) groups is 1. The number of halogens is 2. The van der Waals surface area contributed by atoms with Crippen molar-refractivity contribution in [2.75, 3.05) is 5.32 Å². The summed E-state index contributed by atoms with van der Waals surface area (Å²) in [6, 6.07) is 21.4. The maximum Gasteiger partial charge on any atom is 0.228 e. The lowest BCUT2D eigenvalue weighted by Gasteiger charge is -2.11. The van der Waals surface area contributed by atoms with Crippen molar-refractivity contribution in [2.24, 2.45) is 0 Å². The molecule has 0 fully saturated rings. The first-order valence-electron chi connectivity index (χ1n) is 8.11. The van der Waals surface area contributed by atoms with E-state index in [4.69, 9.17) is 11.6 Å². The van der Waals surface area contributed by atoms with Crippen molar-refractivity contribution >= 4 is 35.0 Å². The number of thioether (sulfide) groups is 1. The van der Waals surface area contributed by atoms with E-state index in [9.17, 15) is 9.18 Å². The summed E-state index contributed by atoms with van der Waals surface area (Å²) in [6.07, 6.45) is 0.205. The first-order valence-corrected chi connectivity index (χ1v) is 9.47. The van der Waals surface area contributed by atoms with Gasteiger partial charge >= 0.3 is 0 Å². The van der Waals surface area contributed by atoms with Gasteiger partial charge in [0.2, 0.25) is 5.91 Å². The largest absolute Gasteiger partial charge is 0.325 e. The van der Waals surface area contributed by atoms with Crippen LogP contribution < -0.4 is 5.32 Å². The molecule has 5 heteroatoms. The number of hydrogen-bond donors (Lipinski definition) is 1. The van der Waals surface area contributed by atoms with Gasteiger partial charge in [-0.05, 0) is 47.5 Å². The predicted molar refractivity (Wildman–Crippen MR) is 106 cm³/mol. The van der Waals surface area contributed by atoms with Gasteiger partial charge in [-0.1, -0.05) is 48.0 Å². The Kier molecular flexibility index (Phi) is 6.31. The molecule has 0 aliphatic heterocycles. The standard InChI is InChI=1S/C21H17ClFNOS/c22-17-9-5-16(6-10-17)14-26-20-4-2-1-3-19(20)24-21(25)13-15-7-11-18(23)12-8-15/h1-12H,13-14H2,(H,24,25). The minimum absolute atomic E-state index is 0.129. The first-order chi connectivity index (χ1) is 12.6. The highest BCUT2D eigenvalue weighted by atomic mass is 35.5. The fourth-order valence-corrected chi connectivity index (χ4v) is 3.51. The van der Waals surface area contributed by atoms with Crippen LogP contribution >= 0.6 is 23.4 Å². The Bertz CT molecular complexity index is 881. The van der Waals surface area contributed by atoms with Crippen LogP contribution in [0.3, 0.4) is 0 Å². The molecule has 0 saturated heterocycles. The summed E-state index contributed by atoms with van der Waals surface area (Å²) in [5, 5.41) is 3.66. The maximum atomic E-state index is 13.0. The second-order valence-corrected chi connectivity index (χ2v) is 7.22. The Morgan fingerprint density at radius 3 is 2.31 bits per heavy atom. The molecule has 3 aromatic carbocycles. The molecule has 0 spiro atoms. The number of para-hydroxylation sites is 1. The van der Waals surface area contributed by atoms with Crippen molar-refractivity contribution < 1.29 is 9.18 Å². The molecule has 1 amide bonds. The smallest absolute Gasteiger partial charge is 0.228 e. The van der Waals surface area contributed by atoms with Crippen LogP contribution in [-0.4, -0.2) is 5.91 Å². The van der Waals surface area contributed by atoms with E-state index in [0.29, 0.717) is 5.02 Å². The van der Waals surface area contributed by atoms with Gasteiger partial charge in [0, 0.05) is 15.7 Å². The second-order valence-electron chi connectivity index (χ2n) is 5.76. The quantitative estimate of drug-likeness (QED) is 0.531. The van der Waals surface area contributed by atoms with Crippen molar-refractivity contribution in [3.63, 3.8) is 0 Å². The Morgan fingerprint density at radius 1 is 0.923 bits per heavy atom.